The molecule has 30 heavy (non-hydrogen) atoms. The van der Waals surface area contributed by atoms with Crippen molar-refractivity contribution < 1.29 is 9.59 Å². The molecule has 2 amide bonds. The van der Waals surface area contributed by atoms with Crippen molar-refractivity contribution in [3.05, 3.63) is 53.2 Å². The van der Waals surface area contributed by atoms with Crippen LogP contribution in [0.25, 0.3) is 0 Å². The van der Waals surface area contributed by atoms with Crippen molar-refractivity contribution in [2.24, 2.45) is 11.8 Å². The Balaban J connectivity index is 1.81. The lowest BCUT2D eigenvalue weighted by atomic mass is 9.79. The highest BCUT2D eigenvalue weighted by atomic mass is 16.2. The second kappa shape index (κ2) is 8.09. The lowest BCUT2D eigenvalue weighted by Gasteiger charge is -2.46. The molecule has 2 heterocycles. The van der Waals surface area contributed by atoms with Crippen molar-refractivity contribution in [3.63, 3.8) is 0 Å². The van der Waals surface area contributed by atoms with E-state index in [9.17, 15) is 9.59 Å². The maximum Gasteiger partial charge on any atom is 0.251 e. The third-order valence-corrected chi connectivity index (χ3v) is 6.22. The molecule has 3 atom stereocenters. The first-order valence-corrected chi connectivity index (χ1v) is 10.8. The first kappa shape index (κ1) is 20.4. The minimum Gasteiger partial charge on any atom is -0.363 e. The van der Waals surface area contributed by atoms with Crippen LogP contribution in [0.1, 0.15) is 61.3 Å². The Bertz CT molecular complexity index is 969. The first-order chi connectivity index (χ1) is 14.4. The van der Waals surface area contributed by atoms with Gasteiger partial charge in [0, 0.05) is 42.4 Å². The van der Waals surface area contributed by atoms with Crippen LogP contribution < -0.4 is 15.5 Å². The number of amides is 2. The molecule has 1 aromatic carbocycles. The third-order valence-electron chi connectivity index (χ3n) is 6.22. The summed E-state index contributed by atoms with van der Waals surface area (Å²) in [7, 11) is 0. The minimum atomic E-state index is -0.0981. The van der Waals surface area contributed by atoms with Crippen molar-refractivity contribution in [2.75, 3.05) is 16.8 Å². The fourth-order valence-corrected chi connectivity index (χ4v) is 4.75. The molecule has 0 saturated heterocycles. The maximum absolute atomic E-state index is 12.7. The standard InChI is InChI=1S/C24H30N4O2/c1-5-25-24(30)18-11-12-20-19(13-18)22(27-21-8-6-7-14(2)26-21)15(3)23(17-9-10-17)28(20)16(4)29/h6-8,11-13,15,17,22-23H,5,9-10H2,1-4H3,(H,25,30)(H,26,27)/t15-,22-,23-/m1/s1. The molecule has 6 heteroatoms. The van der Waals surface area contributed by atoms with Crippen LogP contribution in [0.4, 0.5) is 11.5 Å². The second-order valence-electron chi connectivity index (χ2n) is 8.50. The summed E-state index contributed by atoms with van der Waals surface area (Å²) < 4.78 is 0. The Kier molecular flexibility index (Phi) is 5.50. The zero-order chi connectivity index (χ0) is 21.4. The lowest BCUT2D eigenvalue weighted by molar-refractivity contribution is -0.117. The predicted octanol–water partition coefficient (Wildman–Crippen LogP) is 4.07. The van der Waals surface area contributed by atoms with Crippen LogP contribution in [0.3, 0.4) is 0 Å². The molecule has 0 bridgehead atoms. The molecule has 2 N–H and O–H groups in total. The molecule has 0 radical (unpaired) electrons. The summed E-state index contributed by atoms with van der Waals surface area (Å²) in [6, 6.07) is 11.7. The summed E-state index contributed by atoms with van der Waals surface area (Å²) in [5.74, 6) is 1.47. The fraction of sp³-hybridized carbons (Fsp3) is 0.458. The molecular formula is C24H30N4O2. The molecule has 2 aromatic rings. The van der Waals surface area contributed by atoms with Gasteiger partial charge in [0.05, 0.1) is 6.04 Å². The quantitative estimate of drug-likeness (QED) is 0.785. The van der Waals surface area contributed by atoms with Crippen LogP contribution in [0.5, 0.6) is 0 Å². The third kappa shape index (κ3) is 3.78. The number of carbonyl (C=O) groups is 2. The van der Waals surface area contributed by atoms with Gasteiger partial charge in [0.25, 0.3) is 5.91 Å². The van der Waals surface area contributed by atoms with Gasteiger partial charge < -0.3 is 15.5 Å². The molecule has 2 aliphatic rings. The molecule has 4 rings (SSSR count). The van der Waals surface area contributed by atoms with E-state index < -0.39 is 0 Å². The van der Waals surface area contributed by atoms with Crippen LogP contribution >= 0.6 is 0 Å². The average molecular weight is 407 g/mol. The van der Waals surface area contributed by atoms with Crippen molar-refractivity contribution in [2.45, 2.75) is 52.6 Å². The van der Waals surface area contributed by atoms with Gasteiger partial charge in [0.2, 0.25) is 5.91 Å². The number of carbonyl (C=O) groups excluding carboxylic acids is 2. The minimum absolute atomic E-state index is 0.0372. The van der Waals surface area contributed by atoms with Crippen molar-refractivity contribution in [1.29, 1.82) is 0 Å². The van der Waals surface area contributed by atoms with E-state index in [1.165, 1.54) is 0 Å². The number of aryl methyl sites for hydroxylation is 1. The van der Waals surface area contributed by atoms with E-state index in [1.54, 1.807) is 6.92 Å². The van der Waals surface area contributed by atoms with Crippen molar-refractivity contribution >= 4 is 23.3 Å². The molecule has 1 aliphatic heterocycles. The highest BCUT2D eigenvalue weighted by molar-refractivity contribution is 5.98. The van der Waals surface area contributed by atoms with E-state index >= 15 is 0 Å². The lowest BCUT2D eigenvalue weighted by Crippen LogP contribution is -2.51. The largest absolute Gasteiger partial charge is 0.363 e. The second-order valence-corrected chi connectivity index (χ2v) is 8.50. The summed E-state index contributed by atoms with van der Waals surface area (Å²) >= 11 is 0. The number of aromatic nitrogens is 1. The number of pyridine rings is 1. The Hall–Kier alpha value is -2.89. The number of nitrogens with zero attached hydrogens (tertiary/aromatic N) is 2. The van der Waals surface area contributed by atoms with Crippen LogP contribution in [0.15, 0.2) is 36.4 Å². The number of anilines is 2. The Labute approximate surface area is 178 Å². The van der Waals surface area contributed by atoms with Crippen LogP contribution in [-0.2, 0) is 4.79 Å². The monoisotopic (exact) mass is 406 g/mol. The highest BCUT2D eigenvalue weighted by Gasteiger charge is 2.47. The summed E-state index contributed by atoms with van der Waals surface area (Å²) in [5.41, 5.74) is 3.43. The van der Waals surface area contributed by atoms with Crippen LogP contribution in [0.2, 0.25) is 0 Å². The van der Waals surface area contributed by atoms with E-state index in [0.717, 1.165) is 35.6 Å². The summed E-state index contributed by atoms with van der Waals surface area (Å²) in [4.78, 5) is 31.8. The molecule has 1 aliphatic carbocycles. The van der Waals surface area contributed by atoms with Gasteiger partial charge in [-0.3, -0.25) is 9.59 Å². The summed E-state index contributed by atoms with van der Waals surface area (Å²) in [5, 5.41) is 6.49. The van der Waals surface area contributed by atoms with Crippen LogP contribution in [0, 0.1) is 18.8 Å². The first-order valence-electron chi connectivity index (χ1n) is 10.8. The molecule has 1 aromatic heterocycles. The zero-order valence-corrected chi connectivity index (χ0v) is 18.1. The maximum atomic E-state index is 12.7. The van der Waals surface area contributed by atoms with Gasteiger partial charge in [0.15, 0.2) is 0 Å². The Morgan fingerprint density at radius 1 is 1.20 bits per heavy atom. The number of rotatable bonds is 5. The normalized spacial score (nSPS) is 22.9. The van der Waals surface area contributed by atoms with E-state index in [4.69, 9.17) is 0 Å². The smallest absolute Gasteiger partial charge is 0.251 e. The summed E-state index contributed by atoms with van der Waals surface area (Å²) in [6.45, 7) is 8.29. The van der Waals surface area contributed by atoms with Crippen molar-refractivity contribution in [3.8, 4) is 0 Å². The van der Waals surface area contributed by atoms with Gasteiger partial charge in [0.1, 0.15) is 5.82 Å². The summed E-state index contributed by atoms with van der Waals surface area (Å²) in [6.07, 6.45) is 2.31. The van der Waals surface area contributed by atoms with Gasteiger partial charge in [-0.25, -0.2) is 4.98 Å². The number of hydrogen-bond donors (Lipinski definition) is 2. The Morgan fingerprint density at radius 2 is 1.97 bits per heavy atom. The van der Waals surface area contributed by atoms with E-state index in [-0.39, 0.29) is 29.8 Å². The van der Waals surface area contributed by atoms with Crippen molar-refractivity contribution in [1.82, 2.24) is 10.3 Å². The van der Waals surface area contributed by atoms with Gasteiger partial charge in [-0.15, -0.1) is 0 Å². The number of hydrogen-bond acceptors (Lipinski definition) is 4. The SMILES string of the molecule is CCNC(=O)c1ccc2c(c1)[C@H](Nc1cccc(C)n1)[C@@H](C)[C@H](C1CC1)N2C(C)=O. The molecule has 1 saturated carbocycles. The molecule has 1 fully saturated rings. The molecule has 158 valence electrons. The van der Waals surface area contributed by atoms with Gasteiger partial charge in [-0.05, 0) is 68.5 Å². The number of fused-ring (bicyclic) bond motifs is 1. The predicted molar refractivity (Wildman–Crippen MR) is 119 cm³/mol. The molecule has 0 unspecified atom stereocenters. The molecule has 6 nitrogen and oxygen atoms in total. The van der Waals surface area contributed by atoms with Gasteiger partial charge in [-0.1, -0.05) is 13.0 Å². The highest BCUT2D eigenvalue weighted by Crippen LogP contribution is 2.50. The van der Waals surface area contributed by atoms with E-state index in [1.807, 2.05) is 55.1 Å². The number of nitrogens with one attached hydrogen (secondary N) is 2. The average Bonchev–Trinajstić information content (AvgIpc) is 3.54. The zero-order valence-electron chi connectivity index (χ0n) is 18.1. The van der Waals surface area contributed by atoms with Crippen LogP contribution in [-0.4, -0.2) is 29.4 Å². The van der Waals surface area contributed by atoms with E-state index in [0.29, 0.717) is 18.0 Å². The fourth-order valence-electron chi connectivity index (χ4n) is 4.75. The Morgan fingerprint density at radius 3 is 2.60 bits per heavy atom. The number of benzene rings is 1. The van der Waals surface area contributed by atoms with Gasteiger partial charge in [-0.2, -0.15) is 0 Å². The molecular weight excluding hydrogens is 376 g/mol. The van der Waals surface area contributed by atoms with E-state index in [2.05, 4.69) is 22.5 Å². The topological polar surface area (TPSA) is 74.3 Å². The van der Waals surface area contributed by atoms with Gasteiger partial charge >= 0.3 is 0 Å². The molecule has 0 spiro atoms.